The number of benzene rings is 2. The Kier molecular flexibility index (Phi) is 4.59. The first-order chi connectivity index (χ1) is 11.1. The van der Waals surface area contributed by atoms with E-state index in [9.17, 15) is 4.79 Å². The van der Waals surface area contributed by atoms with Gasteiger partial charge in [0.1, 0.15) is 0 Å². The zero-order valence-electron chi connectivity index (χ0n) is 12.8. The zero-order chi connectivity index (χ0) is 16.3. The first-order valence-corrected chi connectivity index (χ1v) is 8.43. The van der Waals surface area contributed by atoms with Crippen molar-refractivity contribution < 1.29 is 9.53 Å². The van der Waals surface area contributed by atoms with E-state index in [1.54, 1.807) is 11.8 Å². The van der Waals surface area contributed by atoms with Gasteiger partial charge in [0.2, 0.25) is 5.91 Å². The highest BCUT2D eigenvalue weighted by Gasteiger charge is 2.40. The predicted molar refractivity (Wildman–Crippen MR) is 92.3 cm³/mol. The quantitative estimate of drug-likeness (QED) is 0.846. The smallest absolute Gasteiger partial charge is 0.228 e. The number of amides is 1. The molecule has 2 aromatic carbocycles. The summed E-state index contributed by atoms with van der Waals surface area (Å²) in [4.78, 5) is 14.3. The molecule has 0 atom stereocenters. The monoisotopic (exact) mass is 328 g/mol. The minimum absolute atomic E-state index is 0.268. The van der Waals surface area contributed by atoms with Crippen molar-refractivity contribution in [2.75, 3.05) is 18.9 Å². The van der Waals surface area contributed by atoms with Crippen LogP contribution in [0.1, 0.15) is 18.4 Å². The molecular weight excluding hydrogens is 308 g/mol. The molecule has 1 aliphatic heterocycles. The van der Waals surface area contributed by atoms with Crippen LogP contribution < -0.4 is 11.5 Å². The van der Waals surface area contributed by atoms with Crippen molar-refractivity contribution in [2.24, 2.45) is 5.73 Å². The van der Waals surface area contributed by atoms with Gasteiger partial charge in [0.05, 0.1) is 5.41 Å². The lowest BCUT2D eigenvalue weighted by molar-refractivity contribution is -0.127. The zero-order valence-corrected chi connectivity index (χ0v) is 13.6. The van der Waals surface area contributed by atoms with Crippen LogP contribution in [0.15, 0.2) is 58.3 Å². The molecule has 5 heteroatoms. The van der Waals surface area contributed by atoms with Gasteiger partial charge in [-0.3, -0.25) is 4.79 Å². The molecule has 120 valence electrons. The first-order valence-electron chi connectivity index (χ1n) is 7.62. The molecule has 1 saturated heterocycles. The summed E-state index contributed by atoms with van der Waals surface area (Å²) in [5, 5.41) is 0. The van der Waals surface area contributed by atoms with E-state index in [-0.39, 0.29) is 5.91 Å². The Morgan fingerprint density at radius 2 is 1.74 bits per heavy atom. The predicted octanol–water partition coefficient (Wildman–Crippen LogP) is 2.95. The Bertz CT molecular complexity index is 694. The van der Waals surface area contributed by atoms with E-state index in [1.807, 2.05) is 42.5 Å². The van der Waals surface area contributed by atoms with Crippen LogP contribution in [0.25, 0.3) is 0 Å². The molecule has 0 spiro atoms. The molecule has 1 amide bonds. The Hall–Kier alpha value is -1.98. The van der Waals surface area contributed by atoms with E-state index >= 15 is 0 Å². The molecule has 0 saturated carbocycles. The summed E-state index contributed by atoms with van der Waals surface area (Å²) in [5.74, 6) is -0.268. The molecule has 0 radical (unpaired) electrons. The lowest BCUT2D eigenvalue weighted by atomic mass is 9.73. The summed E-state index contributed by atoms with van der Waals surface area (Å²) < 4.78 is 5.41. The van der Waals surface area contributed by atoms with Gasteiger partial charge in [-0.25, -0.2) is 0 Å². The number of nitrogen functional groups attached to an aromatic ring is 1. The van der Waals surface area contributed by atoms with Crippen LogP contribution >= 0.6 is 11.8 Å². The van der Waals surface area contributed by atoms with Crippen molar-refractivity contribution >= 4 is 23.4 Å². The fraction of sp³-hybridized carbons (Fsp3) is 0.278. The summed E-state index contributed by atoms with van der Waals surface area (Å²) in [6, 6.07) is 15.8. The average Bonchev–Trinajstić information content (AvgIpc) is 2.58. The molecular formula is C18H20N2O2S. The van der Waals surface area contributed by atoms with Crippen molar-refractivity contribution in [3.8, 4) is 0 Å². The number of carbonyl (C=O) groups excluding carboxylic acids is 1. The van der Waals surface area contributed by atoms with Crippen molar-refractivity contribution in [1.29, 1.82) is 0 Å². The average molecular weight is 328 g/mol. The minimum atomic E-state index is -0.615. The number of nitrogens with two attached hydrogens (primary N) is 2. The second-order valence-corrected chi connectivity index (χ2v) is 6.90. The summed E-state index contributed by atoms with van der Waals surface area (Å²) in [7, 11) is 0. The van der Waals surface area contributed by atoms with Gasteiger partial charge in [-0.2, -0.15) is 0 Å². The minimum Gasteiger partial charge on any atom is -0.399 e. The largest absolute Gasteiger partial charge is 0.399 e. The van der Waals surface area contributed by atoms with E-state index in [2.05, 4.69) is 6.07 Å². The Morgan fingerprint density at radius 3 is 2.39 bits per heavy atom. The third kappa shape index (κ3) is 3.35. The van der Waals surface area contributed by atoms with Gasteiger partial charge in [0.15, 0.2) is 0 Å². The molecule has 1 aliphatic rings. The topological polar surface area (TPSA) is 78.3 Å². The summed E-state index contributed by atoms with van der Waals surface area (Å²) in [6.07, 6.45) is 1.27. The fourth-order valence-electron chi connectivity index (χ4n) is 2.93. The van der Waals surface area contributed by atoms with Gasteiger partial charge in [0.25, 0.3) is 0 Å². The number of hydrogen-bond acceptors (Lipinski definition) is 4. The lowest BCUT2D eigenvalue weighted by Crippen LogP contribution is -2.45. The molecule has 1 fully saturated rings. The molecule has 0 aromatic heterocycles. The highest BCUT2D eigenvalue weighted by Crippen LogP contribution is 2.37. The number of primary amides is 1. The summed E-state index contributed by atoms with van der Waals surface area (Å²) >= 11 is 1.65. The third-order valence-corrected chi connectivity index (χ3v) is 5.32. The van der Waals surface area contributed by atoms with Crippen LogP contribution in [0.5, 0.6) is 0 Å². The third-order valence-electron chi connectivity index (χ3n) is 4.32. The number of hydrogen-bond donors (Lipinski definition) is 2. The van der Waals surface area contributed by atoms with Crippen molar-refractivity contribution in [2.45, 2.75) is 28.0 Å². The van der Waals surface area contributed by atoms with Crippen molar-refractivity contribution in [1.82, 2.24) is 0 Å². The molecule has 4 N–H and O–H groups in total. The Balaban J connectivity index is 1.89. The second-order valence-electron chi connectivity index (χ2n) is 5.76. The fourth-order valence-corrected chi connectivity index (χ4v) is 3.80. The van der Waals surface area contributed by atoms with Gasteiger partial charge in [-0.1, -0.05) is 23.9 Å². The maximum absolute atomic E-state index is 12.1. The summed E-state index contributed by atoms with van der Waals surface area (Å²) in [6.45, 7) is 1.14. The maximum Gasteiger partial charge on any atom is 0.228 e. The van der Waals surface area contributed by atoms with Crippen LogP contribution in [0.2, 0.25) is 0 Å². The SMILES string of the molecule is NC(=O)C1(c2cccc(Sc3ccc(N)cc3)c2)CCOCC1. The van der Waals surface area contributed by atoms with Crippen LogP contribution in [0, 0.1) is 0 Å². The molecule has 2 aromatic rings. The van der Waals surface area contributed by atoms with Gasteiger partial charge < -0.3 is 16.2 Å². The van der Waals surface area contributed by atoms with Crippen LogP contribution in [-0.4, -0.2) is 19.1 Å². The standard InChI is InChI=1S/C18H20N2O2S/c19-14-4-6-15(7-5-14)23-16-3-1-2-13(12-16)18(17(20)21)8-10-22-11-9-18/h1-7,12H,8-11,19H2,(H2,20,21). The van der Waals surface area contributed by atoms with Crippen LogP contribution in [0.3, 0.4) is 0 Å². The maximum atomic E-state index is 12.1. The summed E-state index contributed by atoms with van der Waals surface area (Å²) in [5.41, 5.74) is 12.6. The molecule has 4 nitrogen and oxygen atoms in total. The van der Waals surface area contributed by atoms with E-state index in [0.29, 0.717) is 26.1 Å². The Labute approximate surface area is 140 Å². The van der Waals surface area contributed by atoms with Gasteiger partial charge in [0, 0.05) is 28.7 Å². The molecule has 23 heavy (non-hydrogen) atoms. The molecule has 0 aliphatic carbocycles. The van der Waals surface area contributed by atoms with Gasteiger partial charge in [-0.05, 0) is 54.8 Å². The van der Waals surface area contributed by atoms with E-state index in [0.717, 1.165) is 21.0 Å². The van der Waals surface area contributed by atoms with Gasteiger partial charge in [-0.15, -0.1) is 0 Å². The second kappa shape index (κ2) is 6.64. The molecule has 0 bridgehead atoms. The molecule has 0 unspecified atom stereocenters. The normalized spacial score (nSPS) is 16.9. The molecule has 3 rings (SSSR count). The van der Waals surface area contributed by atoms with Crippen molar-refractivity contribution in [3.05, 3.63) is 54.1 Å². The van der Waals surface area contributed by atoms with Crippen LogP contribution in [0.4, 0.5) is 5.69 Å². The van der Waals surface area contributed by atoms with E-state index in [1.165, 1.54) is 0 Å². The van der Waals surface area contributed by atoms with E-state index in [4.69, 9.17) is 16.2 Å². The highest BCUT2D eigenvalue weighted by atomic mass is 32.2. The Morgan fingerprint density at radius 1 is 1.04 bits per heavy atom. The highest BCUT2D eigenvalue weighted by molar-refractivity contribution is 7.99. The number of carbonyl (C=O) groups is 1. The number of ether oxygens (including phenoxy) is 1. The molecule has 1 heterocycles. The van der Waals surface area contributed by atoms with Crippen LogP contribution in [-0.2, 0) is 14.9 Å². The van der Waals surface area contributed by atoms with E-state index < -0.39 is 5.41 Å². The number of anilines is 1. The van der Waals surface area contributed by atoms with Crippen molar-refractivity contribution in [3.63, 3.8) is 0 Å². The number of rotatable bonds is 4. The first kappa shape index (κ1) is 15.9. The lowest BCUT2D eigenvalue weighted by Gasteiger charge is -2.34. The van der Waals surface area contributed by atoms with Gasteiger partial charge >= 0.3 is 0 Å².